The number of hydrogen-bond donors (Lipinski definition) is 1. The molecule has 1 aromatic rings. The van der Waals surface area contributed by atoms with E-state index in [9.17, 15) is 0 Å². The summed E-state index contributed by atoms with van der Waals surface area (Å²) in [6, 6.07) is 6.60. The van der Waals surface area contributed by atoms with E-state index in [0.717, 1.165) is 26.1 Å². The summed E-state index contributed by atoms with van der Waals surface area (Å²) in [5.41, 5.74) is 3.83. The van der Waals surface area contributed by atoms with Gasteiger partial charge < -0.3 is 14.6 Å². The molecule has 1 saturated heterocycles. The van der Waals surface area contributed by atoms with Gasteiger partial charge in [-0.3, -0.25) is 0 Å². The molecule has 18 heavy (non-hydrogen) atoms. The predicted molar refractivity (Wildman–Crippen MR) is 73.9 cm³/mol. The Morgan fingerprint density at radius 1 is 1.22 bits per heavy atom. The number of anilines is 2. The highest BCUT2D eigenvalue weighted by atomic mass is 16.5. The Bertz CT molecular complexity index is 439. The highest BCUT2D eigenvalue weighted by Gasteiger charge is 2.24. The average molecular weight is 247 g/mol. The second-order valence-electron chi connectivity index (χ2n) is 5.42. The van der Waals surface area contributed by atoms with Crippen LogP contribution < -0.4 is 15.8 Å². The summed E-state index contributed by atoms with van der Waals surface area (Å²) in [5, 5.41) is 1.84. The van der Waals surface area contributed by atoms with Crippen molar-refractivity contribution < 1.29 is 4.74 Å². The van der Waals surface area contributed by atoms with Crippen molar-refractivity contribution in [2.24, 2.45) is 5.84 Å². The van der Waals surface area contributed by atoms with Crippen LogP contribution in [0.15, 0.2) is 18.2 Å². The molecule has 2 atom stereocenters. The minimum Gasteiger partial charge on any atom is -0.372 e. The Morgan fingerprint density at radius 2 is 1.94 bits per heavy atom. The fourth-order valence-corrected chi connectivity index (χ4v) is 3.00. The van der Waals surface area contributed by atoms with Crippen LogP contribution in [0.4, 0.5) is 11.4 Å². The van der Waals surface area contributed by atoms with Crippen LogP contribution in [0.1, 0.15) is 19.4 Å². The molecule has 2 heterocycles. The normalized spacial score (nSPS) is 27.5. The molecule has 4 nitrogen and oxygen atoms in total. The van der Waals surface area contributed by atoms with Gasteiger partial charge in [-0.05, 0) is 44.0 Å². The summed E-state index contributed by atoms with van der Waals surface area (Å²) in [4.78, 5) is 2.41. The van der Waals surface area contributed by atoms with Gasteiger partial charge in [-0.1, -0.05) is 0 Å². The Kier molecular flexibility index (Phi) is 2.92. The molecule has 2 aliphatic heterocycles. The van der Waals surface area contributed by atoms with E-state index in [-0.39, 0.29) is 0 Å². The van der Waals surface area contributed by atoms with Crippen LogP contribution in [-0.4, -0.2) is 31.8 Å². The van der Waals surface area contributed by atoms with Gasteiger partial charge in [0.05, 0.1) is 17.9 Å². The lowest BCUT2D eigenvalue weighted by atomic mass is 10.1. The molecule has 0 spiro atoms. The number of fused-ring (bicyclic) bond motifs is 1. The molecule has 4 heteroatoms. The molecule has 2 aliphatic rings. The number of hydrogen-bond acceptors (Lipinski definition) is 4. The largest absolute Gasteiger partial charge is 0.372 e. The molecule has 0 aromatic heterocycles. The van der Waals surface area contributed by atoms with E-state index in [2.05, 4.69) is 36.9 Å². The molecule has 0 bridgehead atoms. The first-order chi connectivity index (χ1) is 8.63. The van der Waals surface area contributed by atoms with Gasteiger partial charge >= 0.3 is 0 Å². The van der Waals surface area contributed by atoms with Gasteiger partial charge in [0.15, 0.2) is 0 Å². The zero-order valence-corrected chi connectivity index (χ0v) is 11.1. The predicted octanol–water partition coefficient (Wildman–Crippen LogP) is 1.54. The van der Waals surface area contributed by atoms with E-state index in [0.29, 0.717) is 12.2 Å². The first kappa shape index (κ1) is 11.8. The van der Waals surface area contributed by atoms with Crippen LogP contribution in [0.5, 0.6) is 0 Å². The quantitative estimate of drug-likeness (QED) is 0.764. The third-order valence-electron chi connectivity index (χ3n) is 3.78. The third kappa shape index (κ3) is 2.06. The average Bonchev–Trinajstić information content (AvgIpc) is 2.69. The van der Waals surface area contributed by atoms with Crippen molar-refractivity contribution in [2.45, 2.75) is 32.5 Å². The molecule has 0 radical (unpaired) electrons. The summed E-state index contributed by atoms with van der Waals surface area (Å²) < 4.78 is 5.78. The van der Waals surface area contributed by atoms with Gasteiger partial charge in [0.1, 0.15) is 0 Å². The molecular weight excluding hydrogens is 226 g/mol. The number of nitrogens with zero attached hydrogens (tertiary/aromatic N) is 2. The summed E-state index contributed by atoms with van der Waals surface area (Å²) in [5.74, 6) is 5.92. The minimum atomic E-state index is 0.299. The van der Waals surface area contributed by atoms with Crippen molar-refractivity contribution in [3.63, 3.8) is 0 Å². The maximum atomic E-state index is 5.92. The molecule has 2 N–H and O–H groups in total. The molecular formula is C14H21N3O. The first-order valence-electron chi connectivity index (χ1n) is 6.69. The SMILES string of the molecule is CC1CN(c2ccc3c(c2)CCN3N)CC(C)O1. The third-order valence-corrected chi connectivity index (χ3v) is 3.78. The van der Waals surface area contributed by atoms with E-state index in [1.165, 1.54) is 16.9 Å². The standard InChI is InChI=1S/C14H21N3O/c1-10-8-16(9-11(2)18-10)13-3-4-14-12(7-13)5-6-17(14)15/h3-4,7,10-11H,5-6,8-9,15H2,1-2H3. The second kappa shape index (κ2) is 4.44. The van der Waals surface area contributed by atoms with Crippen LogP contribution >= 0.6 is 0 Å². The van der Waals surface area contributed by atoms with Crippen LogP contribution in [-0.2, 0) is 11.2 Å². The van der Waals surface area contributed by atoms with Crippen molar-refractivity contribution >= 4 is 11.4 Å². The number of rotatable bonds is 1. The van der Waals surface area contributed by atoms with Gasteiger partial charge in [0.2, 0.25) is 0 Å². The highest BCUT2D eigenvalue weighted by Crippen LogP contribution is 2.30. The first-order valence-corrected chi connectivity index (χ1v) is 6.69. The summed E-state index contributed by atoms with van der Waals surface area (Å²) in [6.45, 7) is 7.13. The van der Waals surface area contributed by atoms with Gasteiger partial charge in [-0.2, -0.15) is 0 Å². The number of nitrogens with two attached hydrogens (primary N) is 1. The van der Waals surface area contributed by atoms with Crippen molar-refractivity contribution in [3.05, 3.63) is 23.8 Å². The van der Waals surface area contributed by atoms with Crippen LogP contribution in [0.25, 0.3) is 0 Å². The maximum Gasteiger partial charge on any atom is 0.0726 e. The summed E-state index contributed by atoms with van der Waals surface area (Å²) in [6.07, 6.45) is 1.65. The van der Waals surface area contributed by atoms with Gasteiger partial charge in [0.25, 0.3) is 0 Å². The van der Waals surface area contributed by atoms with Crippen molar-refractivity contribution in [3.8, 4) is 0 Å². The van der Waals surface area contributed by atoms with E-state index in [4.69, 9.17) is 10.6 Å². The molecule has 3 rings (SSSR count). The van der Waals surface area contributed by atoms with Gasteiger partial charge in [-0.25, -0.2) is 5.84 Å². The Hall–Kier alpha value is -1.26. The second-order valence-corrected chi connectivity index (χ2v) is 5.42. The van der Waals surface area contributed by atoms with E-state index >= 15 is 0 Å². The lowest BCUT2D eigenvalue weighted by Crippen LogP contribution is -2.45. The molecule has 0 aliphatic carbocycles. The molecule has 1 fully saturated rings. The van der Waals surface area contributed by atoms with Crippen molar-refractivity contribution in [2.75, 3.05) is 29.5 Å². The fraction of sp³-hybridized carbons (Fsp3) is 0.571. The number of morpholine rings is 1. The highest BCUT2D eigenvalue weighted by molar-refractivity contribution is 5.64. The van der Waals surface area contributed by atoms with Crippen LogP contribution in [0.3, 0.4) is 0 Å². The number of hydrazine groups is 1. The van der Waals surface area contributed by atoms with E-state index in [1.807, 2.05) is 5.01 Å². The minimum absolute atomic E-state index is 0.299. The smallest absolute Gasteiger partial charge is 0.0726 e. The number of benzene rings is 1. The molecule has 1 aromatic carbocycles. The maximum absolute atomic E-state index is 5.92. The van der Waals surface area contributed by atoms with Gasteiger partial charge in [-0.15, -0.1) is 0 Å². The topological polar surface area (TPSA) is 41.7 Å². The molecule has 0 saturated carbocycles. The summed E-state index contributed by atoms with van der Waals surface area (Å²) in [7, 11) is 0. The van der Waals surface area contributed by atoms with Crippen LogP contribution in [0, 0.1) is 0 Å². The molecule has 0 amide bonds. The molecule has 2 unspecified atom stereocenters. The monoisotopic (exact) mass is 247 g/mol. The molecule has 98 valence electrons. The lowest BCUT2D eigenvalue weighted by Gasteiger charge is -2.37. The Morgan fingerprint density at radius 3 is 2.67 bits per heavy atom. The van der Waals surface area contributed by atoms with Gasteiger partial charge in [0, 0.05) is 25.3 Å². The Labute approximate surface area is 108 Å². The van der Waals surface area contributed by atoms with E-state index < -0.39 is 0 Å². The lowest BCUT2D eigenvalue weighted by molar-refractivity contribution is -0.00521. The van der Waals surface area contributed by atoms with Crippen LogP contribution in [0.2, 0.25) is 0 Å². The number of ether oxygens (including phenoxy) is 1. The van der Waals surface area contributed by atoms with Crippen molar-refractivity contribution in [1.82, 2.24) is 0 Å². The zero-order chi connectivity index (χ0) is 12.7. The zero-order valence-electron chi connectivity index (χ0n) is 11.1. The fourth-order valence-electron chi connectivity index (χ4n) is 3.00. The van der Waals surface area contributed by atoms with E-state index in [1.54, 1.807) is 0 Å². The summed E-state index contributed by atoms with van der Waals surface area (Å²) >= 11 is 0. The van der Waals surface area contributed by atoms with Crippen molar-refractivity contribution in [1.29, 1.82) is 0 Å². The Balaban J connectivity index is 1.84.